The molecule has 1 amide bonds. The largest absolute Gasteiger partial charge is 0.370 e. The molecule has 0 atom stereocenters. The molecule has 0 spiro atoms. The molecule has 8 nitrogen and oxygen atoms in total. The van der Waals surface area contributed by atoms with Crippen molar-refractivity contribution in [3.63, 3.8) is 0 Å². The first kappa shape index (κ1) is 20.5. The molecule has 2 aromatic carbocycles. The van der Waals surface area contributed by atoms with E-state index in [1.54, 1.807) is 47.1 Å². The minimum absolute atomic E-state index is 0.0130. The van der Waals surface area contributed by atoms with Crippen LogP contribution in [0.2, 0.25) is 0 Å². The highest BCUT2D eigenvalue weighted by atomic mass is 19.1. The predicted octanol–water partition coefficient (Wildman–Crippen LogP) is 3.49. The van der Waals surface area contributed by atoms with Gasteiger partial charge in [0.25, 0.3) is 11.6 Å². The summed E-state index contributed by atoms with van der Waals surface area (Å²) in [6.07, 6.45) is 2.47. The average Bonchev–Trinajstić information content (AvgIpc) is 2.99. The number of carbonyl (C=O) groups is 1. The Labute approximate surface area is 178 Å². The quantitative estimate of drug-likeness (QED) is 0.474. The molecular formula is C22H22FN5O3. The molecule has 1 aromatic heterocycles. The number of nitro benzene ring substituents is 1. The summed E-state index contributed by atoms with van der Waals surface area (Å²) in [4.78, 5) is 27.7. The summed E-state index contributed by atoms with van der Waals surface area (Å²) in [7, 11) is 1.74. The lowest BCUT2D eigenvalue weighted by molar-refractivity contribution is -0.384. The van der Waals surface area contributed by atoms with Crippen LogP contribution in [0.3, 0.4) is 0 Å². The number of anilines is 1. The van der Waals surface area contributed by atoms with E-state index < -0.39 is 4.92 Å². The summed E-state index contributed by atoms with van der Waals surface area (Å²) in [6, 6.07) is 12.4. The number of carbonyl (C=O) groups excluding carboxylic acids is 1. The van der Waals surface area contributed by atoms with Gasteiger partial charge in [-0.1, -0.05) is 0 Å². The van der Waals surface area contributed by atoms with Crippen LogP contribution in [0.1, 0.15) is 16.8 Å². The molecule has 0 radical (unpaired) electrons. The zero-order valence-corrected chi connectivity index (χ0v) is 17.1. The zero-order chi connectivity index (χ0) is 22.0. The Bertz CT molecular complexity index is 1100. The highest BCUT2D eigenvalue weighted by Gasteiger charge is 2.25. The van der Waals surface area contributed by atoms with Crippen molar-refractivity contribution >= 4 is 17.3 Å². The van der Waals surface area contributed by atoms with E-state index in [9.17, 15) is 19.3 Å². The molecule has 1 saturated heterocycles. The summed E-state index contributed by atoms with van der Waals surface area (Å²) >= 11 is 0. The number of hydrogen-bond acceptors (Lipinski definition) is 5. The van der Waals surface area contributed by atoms with E-state index in [0.29, 0.717) is 36.5 Å². The average molecular weight is 423 g/mol. The lowest BCUT2D eigenvalue weighted by atomic mass is 10.1. The summed E-state index contributed by atoms with van der Waals surface area (Å²) in [5.74, 6) is -0.395. The lowest BCUT2D eigenvalue weighted by Gasteiger charge is -2.23. The minimum Gasteiger partial charge on any atom is -0.370 e. The van der Waals surface area contributed by atoms with E-state index in [0.717, 1.165) is 18.7 Å². The lowest BCUT2D eigenvalue weighted by Crippen LogP contribution is -2.35. The number of rotatable bonds is 4. The smallest absolute Gasteiger partial charge is 0.269 e. The number of amides is 1. The van der Waals surface area contributed by atoms with Crippen molar-refractivity contribution in [3.05, 3.63) is 76.2 Å². The van der Waals surface area contributed by atoms with Crippen LogP contribution in [0.15, 0.2) is 54.7 Å². The van der Waals surface area contributed by atoms with Gasteiger partial charge in [0.05, 0.1) is 10.5 Å². The molecule has 0 unspecified atom stereocenters. The van der Waals surface area contributed by atoms with Gasteiger partial charge in [0, 0.05) is 62.8 Å². The van der Waals surface area contributed by atoms with E-state index in [1.165, 1.54) is 24.3 Å². The van der Waals surface area contributed by atoms with Gasteiger partial charge < -0.3 is 9.80 Å². The van der Waals surface area contributed by atoms with Crippen LogP contribution in [-0.4, -0.2) is 51.7 Å². The van der Waals surface area contributed by atoms with E-state index in [2.05, 4.69) is 10.00 Å². The number of nitro groups is 1. The van der Waals surface area contributed by atoms with E-state index in [4.69, 9.17) is 0 Å². The van der Waals surface area contributed by atoms with E-state index >= 15 is 0 Å². The van der Waals surface area contributed by atoms with Crippen LogP contribution < -0.4 is 4.90 Å². The molecular weight excluding hydrogens is 401 g/mol. The molecule has 1 aliphatic rings. The van der Waals surface area contributed by atoms with Crippen molar-refractivity contribution in [1.82, 2.24) is 14.7 Å². The molecule has 0 aliphatic carbocycles. The molecule has 9 heteroatoms. The van der Waals surface area contributed by atoms with Crippen molar-refractivity contribution in [2.75, 3.05) is 31.1 Å². The van der Waals surface area contributed by atoms with Crippen molar-refractivity contribution < 1.29 is 14.1 Å². The second kappa shape index (κ2) is 8.55. The first-order valence-electron chi connectivity index (χ1n) is 10.0. The topological polar surface area (TPSA) is 84.5 Å². The molecule has 1 aliphatic heterocycles. The minimum atomic E-state index is -0.460. The Kier molecular flexibility index (Phi) is 5.66. The summed E-state index contributed by atoms with van der Waals surface area (Å²) in [5, 5.41) is 15.3. The van der Waals surface area contributed by atoms with Crippen molar-refractivity contribution in [3.8, 4) is 11.3 Å². The summed E-state index contributed by atoms with van der Waals surface area (Å²) in [6.45, 7) is 2.55. The zero-order valence-electron chi connectivity index (χ0n) is 17.1. The monoisotopic (exact) mass is 423 g/mol. The standard InChI is InChI=1S/C22H22FN5O3/c1-25-15-20(21(24-25)16-3-7-19(8-4-16)28(30)31)22(29)27-12-2-11-26(13-14-27)18-9-5-17(23)6-10-18/h3-10,15H,2,11-14H2,1H3. The third-order valence-corrected chi connectivity index (χ3v) is 5.39. The van der Waals surface area contributed by atoms with Gasteiger partial charge in [0.15, 0.2) is 0 Å². The number of nitrogens with zero attached hydrogens (tertiary/aromatic N) is 5. The van der Waals surface area contributed by atoms with E-state index in [-0.39, 0.29) is 17.4 Å². The van der Waals surface area contributed by atoms with Crippen LogP contribution in [0, 0.1) is 15.9 Å². The van der Waals surface area contributed by atoms with Gasteiger partial charge in [-0.15, -0.1) is 0 Å². The maximum atomic E-state index is 13.3. The predicted molar refractivity (Wildman–Crippen MR) is 114 cm³/mol. The molecule has 4 rings (SSSR count). The Morgan fingerprint density at radius 3 is 2.42 bits per heavy atom. The summed E-state index contributed by atoms with van der Waals surface area (Å²) < 4.78 is 14.8. The van der Waals surface area contributed by atoms with Gasteiger partial charge in [-0.25, -0.2) is 4.39 Å². The normalized spacial score (nSPS) is 14.4. The second-order valence-electron chi connectivity index (χ2n) is 7.48. The Hall–Kier alpha value is -3.75. The van der Waals surface area contributed by atoms with Crippen LogP contribution >= 0.6 is 0 Å². The van der Waals surface area contributed by atoms with Crippen LogP contribution in [0.5, 0.6) is 0 Å². The first-order chi connectivity index (χ1) is 14.9. The van der Waals surface area contributed by atoms with Crippen molar-refractivity contribution in [2.24, 2.45) is 7.05 Å². The fraction of sp³-hybridized carbons (Fsp3) is 0.273. The number of benzene rings is 2. The van der Waals surface area contributed by atoms with Gasteiger partial charge in [0.1, 0.15) is 11.5 Å². The molecule has 3 aromatic rings. The Morgan fingerprint density at radius 2 is 1.74 bits per heavy atom. The molecule has 31 heavy (non-hydrogen) atoms. The SMILES string of the molecule is Cn1cc(C(=O)N2CCCN(c3ccc(F)cc3)CC2)c(-c2ccc([N+](=O)[O-])cc2)n1. The molecule has 0 bridgehead atoms. The summed E-state index contributed by atoms with van der Waals surface area (Å²) in [5.41, 5.74) is 2.54. The van der Waals surface area contributed by atoms with Gasteiger partial charge in [0.2, 0.25) is 0 Å². The fourth-order valence-corrected chi connectivity index (χ4v) is 3.80. The fourth-order valence-electron chi connectivity index (χ4n) is 3.80. The maximum absolute atomic E-state index is 13.3. The van der Waals surface area contributed by atoms with Crippen molar-refractivity contribution in [1.29, 1.82) is 0 Å². The highest BCUT2D eigenvalue weighted by molar-refractivity contribution is 6.00. The van der Waals surface area contributed by atoms with Crippen LogP contribution in [-0.2, 0) is 7.05 Å². The van der Waals surface area contributed by atoms with Crippen LogP contribution in [0.4, 0.5) is 15.8 Å². The number of hydrogen-bond donors (Lipinski definition) is 0. The van der Waals surface area contributed by atoms with Gasteiger partial charge in [-0.2, -0.15) is 5.10 Å². The molecule has 0 N–H and O–H groups in total. The molecule has 160 valence electrons. The second-order valence-corrected chi connectivity index (χ2v) is 7.48. The molecule has 0 saturated carbocycles. The van der Waals surface area contributed by atoms with Gasteiger partial charge in [-0.3, -0.25) is 19.6 Å². The maximum Gasteiger partial charge on any atom is 0.269 e. The number of non-ortho nitro benzene ring substituents is 1. The first-order valence-corrected chi connectivity index (χ1v) is 10.0. The van der Waals surface area contributed by atoms with Crippen molar-refractivity contribution in [2.45, 2.75) is 6.42 Å². The Balaban J connectivity index is 1.53. The third kappa shape index (κ3) is 4.40. The van der Waals surface area contributed by atoms with Crippen LogP contribution in [0.25, 0.3) is 11.3 Å². The van der Waals surface area contributed by atoms with Gasteiger partial charge >= 0.3 is 0 Å². The number of halogens is 1. The Morgan fingerprint density at radius 1 is 1.03 bits per heavy atom. The number of aromatic nitrogens is 2. The van der Waals surface area contributed by atoms with E-state index in [1.807, 2.05) is 0 Å². The highest BCUT2D eigenvalue weighted by Crippen LogP contribution is 2.26. The molecule has 2 heterocycles. The molecule has 1 fully saturated rings. The van der Waals surface area contributed by atoms with Gasteiger partial charge in [-0.05, 0) is 42.8 Å². The number of aryl methyl sites for hydroxylation is 1. The third-order valence-electron chi connectivity index (χ3n) is 5.39.